The second kappa shape index (κ2) is 5.91. The molecule has 0 aromatic carbocycles. The number of pyridine rings is 1. The molecule has 0 saturated heterocycles. The molecule has 0 aliphatic rings. The lowest BCUT2D eigenvalue weighted by atomic mass is 9.84. The van der Waals surface area contributed by atoms with E-state index in [2.05, 4.69) is 38.0 Å². The molecule has 1 rings (SSSR count). The minimum absolute atomic E-state index is 0.0366. The summed E-state index contributed by atoms with van der Waals surface area (Å²) in [5.74, 6) is 0. The summed E-state index contributed by atoms with van der Waals surface area (Å²) in [6.07, 6.45) is 2.09. The van der Waals surface area contributed by atoms with E-state index in [4.69, 9.17) is 0 Å². The van der Waals surface area contributed by atoms with Gasteiger partial charge in [0.05, 0.1) is 4.92 Å². The van der Waals surface area contributed by atoms with Gasteiger partial charge in [-0.3, -0.25) is 15.1 Å². The maximum absolute atomic E-state index is 10.5. The number of nitrogens with zero attached hydrogens (tertiary/aromatic N) is 2. The van der Waals surface area contributed by atoms with Crippen molar-refractivity contribution in [2.45, 2.75) is 40.2 Å². The fourth-order valence-electron chi connectivity index (χ4n) is 1.79. The minimum Gasteiger partial charge on any atom is -0.313 e. The maximum Gasteiger partial charge on any atom is 0.287 e. The van der Waals surface area contributed by atoms with Crippen LogP contribution in [0, 0.1) is 15.5 Å². The van der Waals surface area contributed by atoms with Crippen LogP contribution in [-0.4, -0.2) is 22.5 Å². The monoisotopic (exact) mass is 251 g/mol. The van der Waals surface area contributed by atoms with Gasteiger partial charge in [-0.05, 0) is 18.0 Å². The lowest BCUT2D eigenvalue weighted by molar-refractivity contribution is -0.385. The highest BCUT2D eigenvalue weighted by atomic mass is 16.6. The van der Waals surface area contributed by atoms with Crippen molar-refractivity contribution in [1.29, 1.82) is 0 Å². The van der Waals surface area contributed by atoms with Crippen molar-refractivity contribution < 1.29 is 4.92 Å². The van der Waals surface area contributed by atoms with E-state index >= 15 is 0 Å². The first-order valence-corrected chi connectivity index (χ1v) is 6.17. The molecule has 100 valence electrons. The van der Waals surface area contributed by atoms with Crippen LogP contribution >= 0.6 is 0 Å². The molecule has 0 bridgehead atoms. The molecule has 0 fully saturated rings. The zero-order valence-corrected chi connectivity index (χ0v) is 11.4. The van der Waals surface area contributed by atoms with Gasteiger partial charge >= 0.3 is 0 Å². The van der Waals surface area contributed by atoms with Crippen LogP contribution in [0.3, 0.4) is 0 Å². The molecule has 18 heavy (non-hydrogen) atoms. The van der Waals surface area contributed by atoms with Crippen LogP contribution in [-0.2, 0) is 6.42 Å². The summed E-state index contributed by atoms with van der Waals surface area (Å²) >= 11 is 0. The van der Waals surface area contributed by atoms with E-state index in [0.717, 1.165) is 18.7 Å². The van der Waals surface area contributed by atoms with E-state index in [9.17, 15) is 10.1 Å². The third kappa shape index (κ3) is 4.07. The minimum atomic E-state index is -0.428. The van der Waals surface area contributed by atoms with Crippen molar-refractivity contribution in [2.24, 2.45) is 5.41 Å². The Bertz CT molecular complexity index is 396. The van der Waals surface area contributed by atoms with Gasteiger partial charge in [-0.15, -0.1) is 0 Å². The molecule has 1 aromatic heterocycles. The Morgan fingerprint density at radius 2 is 2.11 bits per heavy atom. The molecule has 1 N–H and O–H groups in total. The first-order valence-electron chi connectivity index (χ1n) is 6.17. The number of likely N-dealkylation sites (N-methyl/N-ethyl adjacent to an activating group) is 1. The predicted octanol–water partition coefficient (Wildman–Crippen LogP) is 2.56. The molecule has 0 saturated carbocycles. The van der Waals surface area contributed by atoms with Crippen LogP contribution in [0.15, 0.2) is 18.3 Å². The second-order valence-electron chi connectivity index (χ2n) is 5.45. The van der Waals surface area contributed by atoms with E-state index in [-0.39, 0.29) is 11.1 Å². The van der Waals surface area contributed by atoms with Crippen LogP contribution in [0.1, 0.15) is 33.4 Å². The van der Waals surface area contributed by atoms with Gasteiger partial charge in [0.1, 0.15) is 6.20 Å². The van der Waals surface area contributed by atoms with Crippen LogP contribution < -0.4 is 5.32 Å². The summed E-state index contributed by atoms with van der Waals surface area (Å²) in [4.78, 5) is 14.3. The van der Waals surface area contributed by atoms with Gasteiger partial charge in [-0.2, -0.15) is 0 Å². The molecule has 1 heterocycles. The summed E-state index contributed by atoms with van der Waals surface area (Å²) in [6, 6.07) is 3.54. The quantitative estimate of drug-likeness (QED) is 0.645. The van der Waals surface area contributed by atoms with E-state index in [1.165, 1.54) is 12.3 Å². The van der Waals surface area contributed by atoms with Crippen LogP contribution in [0.4, 0.5) is 5.69 Å². The molecule has 5 heteroatoms. The van der Waals surface area contributed by atoms with E-state index in [1.54, 1.807) is 6.07 Å². The molecule has 0 aliphatic carbocycles. The molecular weight excluding hydrogens is 230 g/mol. The molecule has 0 aliphatic heterocycles. The Morgan fingerprint density at radius 1 is 1.44 bits per heavy atom. The summed E-state index contributed by atoms with van der Waals surface area (Å²) in [6.45, 7) is 9.49. The van der Waals surface area contributed by atoms with Gasteiger partial charge < -0.3 is 5.32 Å². The van der Waals surface area contributed by atoms with E-state index < -0.39 is 4.92 Å². The summed E-state index contributed by atoms with van der Waals surface area (Å²) in [5, 5.41) is 14.0. The number of hydrogen-bond acceptors (Lipinski definition) is 4. The summed E-state index contributed by atoms with van der Waals surface area (Å²) < 4.78 is 0. The summed E-state index contributed by atoms with van der Waals surface area (Å²) in [5.41, 5.74) is 1.04. The average Bonchev–Trinajstić information content (AvgIpc) is 2.28. The van der Waals surface area contributed by atoms with E-state index in [1.807, 2.05) is 0 Å². The molecule has 1 aromatic rings. The number of nitrogens with one attached hydrogen (secondary N) is 1. The number of rotatable bonds is 5. The highest BCUT2D eigenvalue weighted by Crippen LogP contribution is 2.22. The van der Waals surface area contributed by atoms with Gasteiger partial charge in [0.25, 0.3) is 5.69 Å². The fourth-order valence-corrected chi connectivity index (χ4v) is 1.79. The molecule has 1 unspecified atom stereocenters. The zero-order valence-electron chi connectivity index (χ0n) is 11.4. The van der Waals surface area contributed by atoms with Crippen molar-refractivity contribution in [3.63, 3.8) is 0 Å². The van der Waals surface area contributed by atoms with Gasteiger partial charge in [-0.1, -0.05) is 27.7 Å². The SMILES string of the molecule is CCNC(Cc1ccc([N+](=O)[O-])cn1)C(C)(C)C. The standard InChI is InChI=1S/C13H21N3O2/c1-5-14-12(13(2,3)4)8-10-6-7-11(9-15-10)16(17)18/h6-7,9,12,14H,5,8H2,1-4H3. The first-order chi connectivity index (χ1) is 8.34. The third-order valence-corrected chi connectivity index (χ3v) is 2.93. The predicted molar refractivity (Wildman–Crippen MR) is 71.5 cm³/mol. The Balaban J connectivity index is 2.78. The highest BCUT2D eigenvalue weighted by molar-refractivity contribution is 5.27. The molecular formula is C13H21N3O2. The van der Waals surface area contributed by atoms with Gasteiger partial charge in [-0.25, -0.2) is 0 Å². The lowest BCUT2D eigenvalue weighted by Crippen LogP contribution is -2.42. The van der Waals surface area contributed by atoms with Gasteiger partial charge in [0.2, 0.25) is 0 Å². The lowest BCUT2D eigenvalue weighted by Gasteiger charge is -2.31. The number of aromatic nitrogens is 1. The molecule has 0 radical (unpaired) electrons. The molecule has 1 atom stereocenters. The zero-order chi connectivity index (χ0) is 13.8. The van der Waals surface area contributed by atoms with Crippen LogP contribution in [0.25, 0.3) is 0 Å². The smallest absolute Gasteiger partial charge is 0.287 e. The van der Waals surface area contributed by atoms with Crippen molar-refractivity contribution in [3.05, 3.63) is 34.1 Å². The Hall–Kier alpha value is -1.49. The van der Waals surface area contributed by atoms with Crippen molar-refractivity contribution in [2.75, 3.05) is 6.54 Å². The highest BCUT2D eigenvalue weighted by Gasteiger charge is 2.24. The van der Waals surface area contributed by atoms with E-state index in [0.29, 0.717) is 6.04 Å². The Labute approximate surface area is 108 Å². The van der Waals surface area contributed by atoms with Gasteiger partial charge in [0.15, 0.2) is 0 Å². The van der Waals surface area contributed by atoms with Crippen molar-refractivity contribution in [1.82, 2.24) is 10.3 Å². The summed E-state index contributed by atoms with van der Waals surface area (Å²) in [7, 11) is 0. The molecule has 0 spiro atoms. The Morgan fingerprint density at radius 3 is 2.50 bits per heavy atom. The van der Waals surface area contributed by atoms with Crippen molar-refractivity contribution in [3.8, 4) is 0 Å². The Kier molecular flexibility index (Phi) is 4.78. The number of hydrogen-bond donors (Lipinski definition) is 1. The molecule has 0 amide bonds. The molecule has 5 nitrogen and oxygen atoms in total. The van der Waals surface area contributed by atoms with Gasteiger partial charge in [0, 0.05) is 24.2 Å². The largest absolute Gasteiger partial charge is 0.313 e. The van der Waals surface area contributed by atoms with Crippen LogP contribution in [0.2, 0.25) is 0 Å². The van der Waals surface area contributed by atoms with Crippen LogP contribution in [0.5, 0.6) is 0 Å². The first kappa shape index (κ1) is 14.6. The second-order valence-corrected chi connectivity index (χ2v) is 5.45. The fraction of sp³-hybridized carbons (Fsp3) is 0.615. The normalized spacial score (nSPS) is 13.3. The average molecular weight is 251 g/mol. The third-order valence-electron chi connectivity index (χ3n) is 2.93. The maximum atomic E-state index is 10.5. The van der Waals surface area contributed by atoms with Crippen molar-refractivity contribution >= 4 is 5.69 Å². The number of nitro groups is 1. The topological polar surface area (TPSA) is 68.1 Å².